The second kappa shape index (κ2) is 5.56. The normalized spacial score (nSPS) is 10.3. The highest BCUT2D eigenvalue weighted by atomic mass is 19.1. The van der Waals surface area contributed by atoms with Crippen LogP contribution in [0.1, 0.15) is 21.6 Å². The average molecular weight is 260 g/mol. The highest BCUT2D eigenvalue weighted by Gasteiger charge is 2.12. The number of Topliss-reactive ketones (excluding diaryl/α,β-unsaturated/α-hetero) is 1. The highest BCUT2D eigenvalue weighted by molar-refractivity contribution is 5.98. The maximum absolute atomic E-state index is 13.2. The molecule has 0 bridgehead atoms. The van der Waals surface area contributed by atoms with Crippen molar-refractivity contribution in [3.63, 3.8) is 0 Å². The molecular formula is C14H13FN2O2. The Hall–Kier alpha value is -2.30. The van der Waals surface area contributed by atoms with Gasteiger partial charge in [0.15, 0.2) is 5.78 Å². The molecule has 2 aromatic rings. The van der Waals surface area contributed by atoms with Crippen LogP contribution >= 0.6 is 0 Å². The molecule has 0 fully saturated rings. The topological polar surface area (TPSA) is 52.1 Å². The van der Waals surface area contributed by atoms with E-state index in [0.29, 0.717) is 17.1 Å². The van der Waals surface area contributed by atoms with Crippen LogP contribution in [-0.4, -0.2) is 22.9 Å². The van der Waals surface area contributed by atoms with Crippen LogP contribution in [0.2, 0.25) is 0 Å². The van der Waals surface area contributed by atoms with Gasteiger partial charge in [-0.05, 0) is 24.6 Å². The van der Waals surface area contributed by atoms with E-state index in [1.165, 1.54) is 25.6 Å². The van der Waals surface area contributed by atoms with E-state index < -0.39 is 5.82 Å². The number of ketones is 1. The Morgan fingerprint density at radius 2 is 2.11 bits per heavy atom. The van der Waals surface area contributed by atoms with Gasteiger partial charge in [0.05, 0.1) is 19.2 Å². The molecule has 0 amide bonds. The molecule has 5 heteroatoms. The second-order valence-electron chi connectivity index (χ2n) is 4.11. The first-order chi connectivity index (χ1) is 9.10. The molecule has 0 saturated heterocycles. The van der Waals surface area contributed by atoms with Crippen LogP contribution in [0.3, 0.4) is 0 Å². The van der Waals surface area contributed by atoms with Crippen LogP contribution in [0.15, 0.2) is 30.6 Å². The molecule has 0 N–H and O–H groups in total. The molecule has 0 spiro atoms. The summed E-state index contributed by atoms with van der Waals surface area (Å²) in [6, 6.07) is 5.76. The quantitative estimate of drug-likeness (QED) is 0.792. The number of aromatic nitrogens is 2. The number of carbonyl (C=O) groups excluding carboxylic acids is 1. The van der Waals surface area contributed by atoms with Crippen LogP contribution in [0.4, 0.5) is 4.39 Å². The Labute approximate surface area is 110 Å². The van der Waals surface area contributed by atoms with E-state index in [1.54, 1.807) is 19.1 Å². The first kappa shape index (κ1) is 13.1. The van der Waals surface area contributed by atoms with E-state index in [-0.39, 0.29) is 12.2 Å². The molecule has 4 nitrogen and oxygen atoms in total. The number of nitrogens with zero attached hydrogens (tertiary/aromatic N) is 2. The zero-order chi connectivity index (χ0) is 13.8. The minimum atomic E-state index is -0.422. The van der Waals surface area contributed by atoms with Crippen molar-refractivity contribution in [1.82, 2.24) is 9.97 Å². The summed E-state index contributed by atoms with van der Waals surface area (Å²) in [5, 5.41) is 0. The van der Waals surface area contributed by atoms with Crippen LogP contribution in [-0.2, 0) is 6.42 Å². The van der Waals surface area contributed by atoms with E-state index in [1.807, 2.05) is 0 Å². The second-order valence-corrected chi connectivity index (χ2v) is 4.11. The minimum Gasteiger partial charge on any atom is -0.481 e. The summed E-state index contributed by atoms with van der Waals surface area (Å²) in [6.45, 7) is 1.77. The predicted octanol–water partition coefficient (Wildman–Crippen LogP) is 2.36. The molecule has 2 rings (SSSR count). The minimum absolute atomic E-state index is 0.0865. The molecule has 1 aromatic heterocycles. The fourth-order valence-corrected chi connectivity index (χ4v) is 1.74. The van der Waals surface area contributed by atoms with Crippen molar-refractivity contribution in [2.75, 3.05) is 7.11 Å². The summed E-state index contributed by atoms with van der Waals surface area (Å²) in [4.78, 5) is 20.0. The van der Waals surface area contributed by atoms with Crippen LogP contribution in [0.25, 0.3) is 0 Å². The Balaban J connectivity index is 2.23. The van der Waals surface area contributed by atoms with Crippen molar-refractivity contribution in [3.8, 4) is 5.88 Å². The van der Waals surface area contributed by atoms with Gasteiger partial charge in [0, 0.05) is 11.6 Å². The number of benzene rings is 1. The smallest absolute Gasteiger partial charge is 0.216 e. The molecule has 0 aliphatic heterocycles. The zero-order valence-electron chi connectivity index (χ0n) is 10.7. The first-order valence-corrected chi connectivity index (χ1v) is 5.74. The van der Waals surface area contributed by atoms with Gasteiger partial charge in [-0.1, -0.05) is 6.07 Å². The SMILES string of the molecule is COc1cc(CC(=O)c2cc(F)ccc2C)ncn1. The number of halogens is 1. The van der Waals surface area contributed by atoms with Crippen LogP contribution < -0.4 is 4.74 Å². The summed E-state index contributed by atoms with van der Waals surface area (Å²) in [7, 11) is 1.49. The lowest BCUT2D eigenvalue weighted by Crippen LogP contribution is -2.08. The number of methoxy groups -OCH3 is 1. The number of hydrogen-bond donors (Lipinski definition) is 0. The van der Waals surface area contributed by atoms with Crippen molar-refractivity contribution in [1.29, 1.82) is 0 Å². The molecule has 0 radical (unpaired) electrons. The van der Waals surface area contributed by atoms with E-state index in [9.17, 15) is 9.18 Å². The third-order valence-corrected chi connectivity index (χ3v) is 2.75. The summed E-state index contributed by atoms with van der Waals surface area (Å²) < 4.78 is 18.1. The summed E-state index contributed by atoms with van der Waals surface area (Å²) in [6.07, 6.45) is 1.42. The molecule has 1 heterocycles. The van der Waals surface area contributed by atoms with Crippen LogP contribution in [0.5, 0.6) is 5.88 Å². The number of ether oxygens (including phenoxy) is 1. The lowest BCUT2D eigenvalue weighted by atomic mass is 10.0. The molecule has 0 aliphatic carbocycles. The molecule has 19 heavy (non-hydrogen) atoms. The summed E-state index contributed by atoms with van der Waals surface area (Å²) in [5.41, 5.74) is 1.66. The molecule has 98 valence electrons. The Kier molecular flexibility index (Phi) is 3.85. The highest BCUT2D eigenvalue weighted by Crippen LogP contribution is 2.14. The van der Waals surface area contributed by atoms with Gasteiger partial charge in [-0.25, -0.2) is 14.4 Å². The van der Waals surface area contributed by atoms with Gasteiger partial charge >= 0.3 is 0 Å². The fourth-order valence-electron chi connectivity index (χ4n) is 1.74. The van der Waals surface area contributed by atoms with E-state index in [4.69, 9.17) is 4.74 Å². The lowest BCUT2D eigenvalue weighted by molar-refractivity contribution is 0.0991. The number of hydrogen-bond acceptors (Lipinski definition) is 4. The Morgan fingerprint density at radius 1 is 1.32 bits per heavy atom. The van der Waals surface area contributed by atoms with E-state index in [2.05, 4.69) is 9.97 Å². The van der Waals surface area contributed by atoms with E-state index >= 15 is 0 Å². The van der Waals surface area contributed by atoms with Crippen molar-refractivity contribution in [2.24, 2.45) is 0 Å². The summed E-state index contributed by atoms with van der Waals surface area (Å²) >= 11 is 0. The van der Waals surface area contributed by atoms with Crippen molar-refractivity contribution in [3.05, 3.63) is 53.2 Å². The van der Waals surface area contributed by atoms with Crippen molar-refractivity contribution >= 4 is 5.78 Å². The van der Waals surface area contributed by atoms with Crippen molar-refractivity contribution in [2.45, 2.75) is 13.3 Å². The molecule has 0 unspecified atom stereocenters. The largest absolute Gasteiger partial charge is 0.481 e. The Bertz CT molecular complexity index is 614. The average Bonchev–Trinajstić information content (AvgIpc) is 2.41. The predicted molar refractivity (Wildman–Crippen MR) is 67.8 cm³/mol. The Morgan fingerprint density at radius 3 is 2.84 bits per heavy atom. The standard InChI is InChI=1S/C14H13FN2O2/c1-9-3-4-10(15)5-12(9)13(18)6-11-7-14(19-2)17-8-16-11/h3-5,7-8H,6H2,1-2H3. The number of carbonyl (C=O) groups is 1. The maximum atomic E-state index is 13.2. The number of aryl methyl sites for hydroxylation is 1. The van der Waals surface area contributed by atoms with E-state index in [0.717, 1.165) is 5.56 Å². The number of rotatable bonds is 4. The van der Waals surface area contributed by atoms with Gasteiger partial charge in [0.2, 0.25) is 5.88 Å². The molecule has 0 saturated carbocycles. The van der Waals surface area contributed by atoms with Gasteiger partial charge in [0.25, 0.3) is 0 Å². The zero-order valence-corrected chi connectivity index (χ0v) is 10.7. The van der Waals surface area contributed by atoms with Gasteiger partial charge in [0.1, 0.15) is 12.1 Å². The molecule has 1 aromatic carbocycles. The van der Waals surface area contributed by atoms with Gasteiger partial charge in [-0.3, -0.25) is 4.79 Å². The fraction of sp³-hybridized carbons (Fsp3) is 0.214. The summed E-state index contributed by atoms with van der Waals surface area (Å²) in [5.74, 6) is -0.208. The molecule has 0 aliphatic rings. The third kappa shape index (κ3) is 3.13. The molecular weight excluding hydrogens is 247 g/mol. The lowest BCUT2D eigenvalue weighted by Gasteiger charge is -2.05. The monoisotopic (exact) mass is 260 g/mol. The van der Waals surface area contributed by atoms with Gasteiger partial charge < -0.3 is 4.74 Å². The first-order valence-electron chi connectivity index (χ1n) is 5.74. The maximum Gasteiger partial charge on any atom is 0.216 e. The van der Waals surface area contributed by atoms with Gasteiger partial charge in [-0.2, -0.15) is 0 Å². The molecule has 0 atom stereocenters. The van der Waals surface area contributed by atoms with Crippen LogP contribution in [0, 0.1) is 12.7 Å². The van der Waals surface area contributed by atoms with Gasteiger partial charge in [-0.15, -0.1) is 0 Å². The van der Waals surface area contributed by atoms with Crippen molar-refractivity contribution < 1.29 is 13.9 Å². The third-order valence-electron chi connectivity index (χ3n) is 2.75.